The van der Waals surface area contributed by atoms with Gasteiger partial charge in [0.25, 0.3) is 15.6 Å². The van der Waals surface area contributed by atoms with Gasteiger partial charge >= 0.3 is 0 Å². The second-order valence-electron chi connectivity index (χ2n) is 7.91. The van der Waals surface area contributed by atoms with E-state index in [1.807, 2.05) is 6.07 Å². The summed E-state index contributed by atoms with van der Waals surface area (Å²) in [7, 11) is -3.88. The van der Waals surface area contributed by atoms with Crippen molar-refractivity contribution in [1.82, 2.24) is 10.2 Å². The Hall–Kier alpha value is -3.46. The second kappa shape index (κ2) is 8.58. The van der Waals surface area contributed by atoms with Gasteiger partial charge in [-0.2, -0.15) is 5.10 Å². The van der Waals surface area contributed by atoms with Crippen LogP contribution in [0.25, 0.3) is 11.3 Å². The zero-order valence-corrected chi connectivity index (χ0v) is 18.7. The number of carbonyl (C=O) groups excluding carboxylic acids is 1. The molecule has 0 saturated carbocycles. The summed E-state index contributed by atoms with van der Waals surface area (Å²) in [5.41, 5.74) is 4.28. The van der Waals surface area contributed by atoms with Crippen molar-refractivity contribution in [3.05, 3.63) is 69.5 Å². The van der Waals surface area contributed by atoms with E-state index in [4.69, 9.17) is 0 Å². The molecule has 0 aliphatic heterocycles. The van der Waals surface area contributed by atoms with Crippen LogP contribution in [0.2, 0.25) is 0 Å². The maximum atomic E-state index is 13.2. The molecule has 0 radical (unpaired) electrons. The highest BCUT2D eigenvalue weighted by atomic mass is 32.2. The molecule has 4 rings (SSSR count). The molecule has 1 amide bonds. The maximum absolute atomic E-state index is 13.2. The minimum absolute atomic E-state index is 0.137. The molecule has 166 valence electrons. The van der Waals surface area contributed by atoms with Gasteiger partial charge in [-0.3, -0.25) is 14.3 Å². The third-order valence-electron chi connectivity index (χ3n) is 5.51. The monoisotopic (exact) mass is 452 g/mol. The van der Waals surface area contributed by atoms with Crippen molar-refractivity contribution in [3.63, 3.8) is 0 Å². The van der Waals surface area contributed by atoms with Crippen molar-refractivity contribution in [1.29, 1.82) is 0 Å². The number of aromatic amines is 1. The number of rotatable bonds is 5. The lowest BCUT2D eigenvalue weighted by Crippen LogP contribution is -2.21. The highest BCUT2D eigenvalue weighted by Crippen LogP contribution is 2.30. The summed E-state index contributed by atoms with van der Waals surface area (Å²) >= 11 is 0. The minimum Gasteiger partial charge on any atom is -0.326 e. The first-order chi connectivity index (χ1) is 15.2. The van der Waals surface area contributed by atoms with Gasteiger partial charge in [-0.25, -0.2) is 13.5 Å². The Balaban J connectivity index is 1.69. The molecule has 9 heteroatoms. The van der Waals surface area contributed by atoms with Crippen molar-refractivity contribution in [2.45, 2.75) is 44.4 Å². The Kier molecular flexibility index (Phi) is 5.84. The zero-order chi connectivity index (χ0) is 22.9. The number of benzene rings is 2. The number of hydrogen-bond acceptors (Lipinski definition) is 5. The van der Waals surface area contributed by atoms with E-state index >= 15 is 0 Å². The number of hydrogen-bond donors (Lipinski definition) is 3. The van der Waals surface area contributed by atoms with Crippen molar-refractivity contribution < 1.29 is 13.2 Å². The van der Waals surface area contributed by atoms with Crippen LogP contribution in [0.5, 0.6) is 0 Å². The molecule has 0 fully saturated rings. The molecule has 0 bridgehead atoms. The number of amides is 1. The van der Waals surface area contributed by atoms with Crippen LogP contribution in [0.3, 0.4) is 0 Å². The number of aromatic nitrogens is 2. The Labute approximate surface area is 186 Å². The first-order valence-electron chi connectivity index (χ1n) is 10.4. The molecule has 32 heavy (non-hydrogen) atoms. The predicted molar refractivity (Wildman–Crippen MR) is 123 cm³/mol. The Morgan fingerprint density at radius 2 is 1.66 bits per heavy atom. The van der Waals surface area contributed by atoms with E-state index in [2.05, 4.69) is 20.2 Å². The quantitative estimate of drug-likeness (QED) is 0.548. The third-order valence-corrected chi connectivity index (χ3v) is 7.03. The molecule has 2 aromatic carbocycles. The van der Waals surface area contributed by atoms with E-state index in [1.165, 1.54) is 6.92 Å². The van der Waals surface area contributed by atoms with Gasteiger partial charge in [-0.15, -0.1) is 0 Å². The highest BCUT2D eigenvalue weighted by Gasteiger charge is 2.22. The summed E-state index contributed by atoms with van der Waals surface area (Å²) in [4.78, 5) is 23.5. The van der Waals surface area contributed by atoms with Gasteiger partial charge in [0.15, 0.2) is 0 Å². The lowest BCUT2D eigenvalue weighted by molar-refractivity contribution is -0.114. The molecule has 3 N–H and O–H groups in total. The summed E-state index contributed by atoms with van der Waals surface area (Å²) in [6.07, 6.45) is 3.37. The molecule has 0 spiro atoms. The Morgan fingerprint density at radius 3 is 2.34 bits per heavy atom. The molecule has 1 heterocycles. The van der Waals surface area contributed by atoms with E-state index in [9.17, 15) is 18.0 Å². The van der Waals surface area contributed by atoms with Crippen LogP contribution in [0, 0.1) is 6.92 Å². The molecular weight excluding hydrogens is 428 g/mol. The number of H-pyrrole nitrogens is 1. The average molecular weight is 453 g/mol. The molecule has 1 aromatic heterocycles. The molecule has 0 unspecified atom stereocenters. The van der Waals surface area contributed by atoms with Crippen molar-refractivity contribution in [2.75, 3.05) is 10.0 Å². The van der Waals surface area contributed by atoms with Gasteiger partial charge in [-0.1, -0.05) is 12.1 Å². The van der Waals surface area contributed by atoms with Gasteiger partial charge in [-0.05, 0) is 74.1 Å². The van der Waals surface area contributed by atoms with Crippen LogP contribution in [0.15, 0.2) is 52.2 Å². The molecule has 0 saturated heterocycles. The second-order valence-corrected chi connectivity index (χ2v) is 9.56. The average Bonchev–Trinajstić information content (AvgIpc) is 2.75. The van der Waals surface area contributed by atoms with E-state index in [1.54, 1.807) is 43.3 Å². The summed E-state index contributed by atoms with van der Waals surface area (Å²) in [6, 6.07) is 11.6. The maximum Gasteiger partial charge on any atom is 0.267 e. The van der Waals surface area contributed by atoms with E-state index < -0.39 is 10.0 Å². The van der Waals surface area contributed by atoms with Crippen LogP contribution < -0.4 is 15.6 Å². The van der Waals surface area contributed by atoms with E-state index in [0.717, 1.165) is 30.4 Å². The van der Waals surface area contributed by atoms with Crippen LogP contribution in [-0.4, -0.2) is 24.5 Å². The van der Waals surface area contributed by atoms with Crippen molar-refractivity contribution in [3.8, 4) is 11.3 Å². The number of sulfonamides is 1. The summed E-state index contributed by atoms with van der Waals surface area (Å²) in [6.45, 7) is 3.13. The van der Waals surface area contributed by atoms with Crippen LogP contribution in [0.1, 0.15) is 36.5 Å². The van der Waals surface area contributed by atoms with Gasteiger partial charge in [0.2, 0.25) is 5.91 Å². The summed E-state index contributed by atoms with van der Waals surface area (Å²) < 4.78 is 28.9. The van der Waals surface area contributed by atoms with Gasteiger partial charge < -0.3 is 5.32 Å². The predicted octanol–water partition coefficient (Wildman–Crippen LogP) is 3.38. The van der Waals surface area contributed by atoms with Crippen LogP contribution >= 0.6 is 0 Å². The zero-order valence-electron chi connectivity index (χ0n) is 17.9. The fraction of sp³-hybridized carbons (Fsp3) is 0.261. The minimum atomic E-state index is -3.88. The number of nitrogens with one attached hydrogen (secondary N) is 3. The number of fused-ring (bicyclic) bond motifs is 1. The number of aryl methyl sites for hydroxylation is 1. The topological polar surface area (TPSA) is 121 Å². The first-order valence-corrected chi connectivity index (χ1v) is 11.8. The van der Waals surface area contributed by atoms with Gasteiger partial charge in [0.1, 0.15) is 0 Å². The third kappa shape index (κ3) is 4.43. The standard InChI is InChI=1S/C23H24N4O4S/c1-14-7-8-16(22-19-5-3-4-6-20(19)23(29)26-25-22)13-21(14)32(30,31)27-18-11-9-17(10-12-18)24-15(2)28/h7-13,27H,3-6H2,1-2H3,(H,24,28)(H,26,29). The Bertz CT molecular complexity index is 1350. The normalized spacial score (nSPS) is 13.3. The number of anilines is 2. The molecule has 1 aliphatic rings. The van der Waals surface area contributed by atoms with Gasteiger partial charge in [0.05, 0.1) is 10.6 Å². The molecule has 1 aliphatic carbocycles. The van der Waals surface area contributed by atoms with E-state index in [-0.39, 0.29) is 16.4 Å². The van der Waals surface area contributed by atoms with Crippen molar-refractivity contribution in [2.24, 2.45) is 0 Å². The molecular formula is C23H24N4O4S. The fourth-order valence-corrected chi connectivity index (χ4v) is 5.30. The van der Waals surface area contributed by atoms with E-state index in [0.29, 0.717) is 34.6 Å². The number of nitrogens with zero attached hydrogens (tertiary/aromatic N) is 1. The lowest BCUT2D eigenvalue weighted by atomic mass is 9.90. The van der Waals surface area contributed by atoms with Gasteiger partial charge in [0, 0.05) is 29.4 Å². The van der Waals surface area contributed by atoms with Crippen molar-refractivity contribution >= 4 is 27.3 Å². The molecule has 8 nitrogen and oxygen atoms in total. The highest BCUT2D eigenvalue weighted by molar-refractivity contribution is 7.92. The summed E-state index contributed by atoms with van der Waals surface area (Å²) in [5.74, 6) is -0.205. The fourth-order valence-electron chi connectivity index (χ4n) is 3.97. The molecule has 0 atom stereocenters. The first kappa shape index (κ1) is 21.8. The Morgan fingerprint density at radius 1 is 1.00 bits per heavy atom. The SMILES string of the molecule is CC(=O)Nc1ccc(NS(=O)(=O)c2cc(-c3n[nH]c(=O)c4c3CCCC4)ccc2C)cc1. The van der Waals surface area contributed by atoms with Crippen LogP contribution in [0.4, 0.5) is 11.4 Å². The summed E-state index contributed by atoms with van der Waals surface area (Å²) in [5, 5.41) is 9.44. The molecule has 3 aromatic rings. The smallest absolute Gasteiger partial charge is 0.267 e. The largest absolute Gasteiger partial charge is 0.326 e. The van der Waals surface area contributed by atoms with Crippen LogP contribution in [-0.2, 0) is 27.7 Å². The lowest BCUT2D eigenvalue weighted by Gasteiger charge is -2.18. The number of carbonyl (C=O) groups is 1.